The van der Waals surface area contributed by atoms with E-state index in [2.05, 4.69) is 22.0 Å². The molecule has 4 N–H and O–H groups in total. The molecule has 0 bridgehead atoms. The number of piperidine rings is 1. The quantitative estimate of drug-likeness (QED) is 0.686. The van der Waals surface area contributed by atoms with Gasteiger partial charge in [0.15, 0.2) is 0 Å². The molecule has 0 unspecified atom stereocenters. The van der Waals surface area contributed by atoms with Crippen LogP contribution < -0.4 is 11.2 Å². The second kappa shape index (κ2) is 6.75. The average molecular weight is 271 g/mol. The topological polar surface area (TPSA) is 77.5 Å². The average Bonchev–Trinajstić information content (AvgIpc) is 2.45. The second-order valence-corrected chi connectivity index (χ2v) is 4.83. The Hall–Kier alpha value is -2.30. The van der Waals surface area contributed by atoms with E-state index >= 15 is 0 Å². The summed E-state index contributed by atoms with van der Waals surface area (Å²) in [7, 11) is 0. The van der Waals surface area contributed by atoms with Gasteiger partial charge in [0.1, 0.15) is 0 Å². The van der Waals surface area contributed by atoms with Crippen LogP contribution in [0.3, 0.4) is 0 Å². The Morgan fingerprint density at radius 1 is 1.40 bits per heavy atom. The zero-order valence-corrected chi connectivity index (χ0v) is 11.6. The third kappa shape index (κ3) is 3.17. The highest BCUT2D eigenvalue weighted by Gasteiger charge is 2.19. The lowest BCUT2D eigenvalue weighted by Gasteiger charge is -2.32. The first kappa shape index (κ1) is 14.1. The third-order valence-electron chi connectivity index (χ3n) is 3.50. The van der Waals surface area contributed by atoms with Crippen LogP contribution in [0.25, 0.3) is 0 Å². The van der Waals surface area contributed by atoms with Gasteiger partial charge in [-0.25, -0.2) is 0 Å². The van der Waals surface area contributed by atoms with E-state index in [-0.39, 0.29) is 0 Å². The van der Waals surface area contributed by atoms with Crippen LogP contribution >= 0.6 is 0 Å². The van der Waals surface area contributed by atoms with E-state index in [1.54, 1.807) is 18.5 Å². The van der Waals surface area contributed by atoms with Crippen molar-refractivity contribution in [3.63, 3.8) is 0 Å². The molecule has 1 saturated heterocycles. The number of nitrogens with zero attached hydrogens (tertiary/aromatic N) is 2. The highest BCUT2D eigenvalue weighted by Crippen LogP contribution is 2.27. The Labute approximate surface area is 119 Å². The number of hydrazone groups is 1. The molecule has 0 atom stereocenters. The molecule has 5 nitrogen and oxygen atoms in total. The Bertz CT molecular complexity index is 504. The van der Waals surface area contributed by atoms with Crippen LogP contribution in [0.1, 0.15) is 19.3 Å². The van der Waals surface area contributed by atoms with E-state index in [9.17, 15) is 0 Å². The standard InChI is InChI=1S/C15H21N5/c1-12-13(14(17)5-7-16)11-19-18-8-6-15(12)20-9-3-2-4-10-20/h5-8,11,16,19H,1-4,9-10,17H2/b13-11+,14-5-,15-6+,16-7?,18-8-. The highest BCUT2D eigenvalue weighted by molar-refractivity contribution is 5.76. The fourth-order valence-corrected chi connectivity index (χ4v) is 2.45. The summed E-state index contributed by atoms with van der Waals surface area (Å²) < 4.78 is 0. The maximum absolute atomic E-state index is 7.15. The van der Waals surface area contributed by atoms with Crippen molar-refractivity contribution in [2.45, 2.75) is 19.3 Å². The zero-order valence-electron chi connectivity index (χ0n) is 11.6. The molecule has 0 aromatic heterocycles. The number of nitrogens with two attached hydrogens (primary N) is 1. The number of hydrogen-bond donors (Lipinski definition) is 3. The van der Waals surface area contributed by atoms with Crippen molar-refractivity contribution in [3.05, 3.63) is 47.5 Å². The predicted molar refractivity (Wildman–Crippen MR) is 83.4 cm³/mol. The molecular weight excluding hydrogens is 250 g/mol. The minimum atomic E-state index is 0.512. The Morgan fingerprint density at radius 2 is 2.15 bits per heavy atom. The van der Waals surface area contributed by atoms with Crippen molar-refractivity contribution in [2.75, 3.05) is 13.1 Å². The molecular formula is C15H21N5. The molecule has 0 saturated carbocycles. The monoisotopic (exact) mass is 271 g/mol. The summed E-state index contributed by atoms with van der Waals surface area (Å²) in [6.45, 7) is 6.25. The van der Waals surface area contributed by atoms with Crippen LogP contribution in [0.2, 0.25) is 0 Å². The van der Waals surface area contributed by atoms with Crippen molar-refractivity contribution in [1.82, 2.24) is 10.3 Å². The first-order valence-corrected chi connectivity index (χ1v) is 6.84. The normalized spacial score (nSPS) is 27.3. The summed E-state index contributed by atoms with van der Waals surface area (Å²) in [5, 5.41) is 11.2. The van der Waals surface area contributed by atoms with Gasteiger partial charge in [-0.15, -0.1) is 0 Å². The van der Waals surface area contributed by atoms with Crippen LogP contribution in [-0.2, 0) is 0 Å². The van der Waals surface area contributed by atoms with Gasteiger partial charge < -0.3 is 16.0 Å². The first-order chi connectivity index (χ1) is 9.74. The molecule has 0 radical (unpaired) electrons. The maximum Gasteiger partial charge on any atom is 0.0492 e. The number of likely N-dealkylation sites (tertiary alicyclic amines) is 1. The summed E-state index contributed by atoms with van der Waals surface area (Å²) in [4.78, 5) is 2.33. The lowest BCUT2D eigenvalue weighted by atomic mass is 9.99. The van der Waals surface area contributed by atoms with E-state index in [0.29, 0.717) is 5.70 Å². The molecule has 0 aromatic rings. The van der Waals surface area contributed by atoms with Crippen LogP contribution in [0.4, 0.5) is 0 Å². The Morgan fingerprint density at radius 3 is 2.85 bits per heavy atom. The predicted octanol–water partition coefficient (Wildman–Crippen LogP) is 1.88. The van der Waals surface area contributed by atoms with E-state index in [0.717, 1.165) is 29.9 Å². The summed E-state index contributed by atoms with van der Waals surface area (Å²) in [5.41, 5.74) is 12.0. The minimum absolute atomic E-state index is 0.512. The molecule has 106 valence electrons. The molecule has 0 spiro atoms. The number of rotatable bonds is 3. The van der Waals surface area contributed by atoms with Crippen molar-refractivity contribution in [3.8, 4) is 0 Å². The van der Waals surface area contributed by atoms with E-state index in [4.69, 9.17) is 11.1 Å². The lowest BCUT2D eigenvalue weighted by Crippen LogP contribution is -2.31. The first-order valence-electron chi connectivity index (χ1n) is 6.84. The second-order valence-electron chi connectivity index (χ2n) is 4.83. The van der Waals surface area contributed by atoms with Gasteiger partial charge in [-0.2, -0.15) is 5.10 Å². The highest BCUT2D eigenvalue weighted by atomic mass is 15.3. The van der Waals surface area contributed by atoms with Gasteiger partial charge in [0.05, 0.1) is 0 Å². The van der Waals surface area contributed by atoms with Gasteiger partial charge in [-0.1, -0.05) is 6.58 Å². The summed E-state index contributed by atoms with van der Waals surface area (Å²) >= 11 is 0. The summed E-state index contributed by atoms with van der Waals surface area (Å²) in [5.74, 6) is 0. The van der Waals surface area contributed by atoms with Crippen molar-refractivity contribution in [1.29, 1.82) is 5.41 Å². The molecule has 2 heterocycles. The van der Waals surface area contributed by atoms with Gasteiger partial charge >= 0.3 is 0 Å². The fraction of sp³-hybridized carbons (Fsp3) is 0.333. The van der Waals surface area contributed by atoms with Crippen LogP contribution in [0.5, 0.6) is 0 Å². The van der Waals surface area contributed by atoms with E-state index in [1.807, 2.05) is 6.08 Å². The Balaban J connectivity index is 2.31. The van der Waals surface area contributed by atoms with Crippen LogP contribution in [0, 0.1) is 5.41 Å². The van der Waals surface area contributed by atoms with Gasteiger partial charge in [0.25, 0.3) is 0 Å². The van der Waals surface area contributed by atoms with Crippen molar-refractivity contribution >= 4 is 12.4 Å². The molecule has 0 aromatic carbocycles. The lowest BCUT2D eigenvalue weighted by molar-refractivity contribution is 0.291. The minimum Gasteiger partial charge on any atom is -0.398 e. The molecule has 0 amide bonds. The summed E-state index contributed by atoms with van der Waals surface area (Å²) in [6, 6.07) is 0. The molecule has 5 heteroatoms. The van der Waals surface area contributed by atoms with Crippen molar-refractivity contribution < 1.29 is 0 Å². The molecule has 2 rings (SSSR count). The smallest absolute Gasteiger partial charge is 0.0492 e. The van der Waals surface area contributed by atoms with Crippen LogP contribution in [-0.4, -0.2) is 30.4 Å². The van der Waals surface area contributed by atoms with E-state index in [1.165, 1.54) is 25.5 Å². The fourth-order valence-electron chi connectivity index (χ4n) is 2.45. The van der Waals surface area contributed by atoms with Gasteiger partial charge in [-0.05, 0) is 31.4 Å². The molecule has 1 fully saturated rings. The number of allylic oxidation sites excluding steroid dienone is 4. The number of nitrogens with one attached hydrogen (secondary N) is 2. The largest absolute Gasteiger partial charge is 0.398 e. The van der Waals surface area contributed by atoms with E-state index < -0.39 is 0 Å². The third-order valence-corrected chi connectivity index (χ3v) is 3.50. The molecule has 2 aliphatic heterocycles. The summed E-state index contributed by atoms with van der Waals surface area (Å²) in [6.07, 6.45) is 11.8. The maximum atomic E-state index is 7.15. The Kier molecular flexibility index (Phi) is 4.76. The van der Waals surface area contributed by atoms with Gasteiger partial charge in [0, 0.05) is 54.3 Å². The van der Waals surface area contributed by atoms with Gasteiger partial charge in [0.2, 0.25) is 0 Å². The number of hydrogen-bond acceptors (Lipinski definition) is 5. The van der Waals surface area contributed by atoms with Crippen LogP contribution in [0.15, 0.2) is 52.6 Å². The SMILES string of the molecule is C=C1C(/C(N)=C/C=N)=C\N/N=C\C=C/1N1CCCCC1. The molecule has 2 aliphatic rings. The van der Waals surface area contributed by atoms with Crippen molar-refractivity contribution in [2.24, 2.45) is 10.8 Å². The molecule has 0 aliphatic carbocycles. The molecule has 20 heavy (non-hydrogen) atoms. The van der Waals surface area contributed by atoms with Gasteiger partial charge in [-0.3, -0.25) is 5.43 Å². The zero-order chi connectivity index (χ0) is 14.4.